The number of aromatic nitrogens is 2. The fraction of sp³-hybridized carbons (Fsp3) is 0.636. The minimum atomic E-state index is -1.16. The quantitative estimate of drug-likeness (QED) is 0.126. The van der Waals surface area contributed by atoms with Crippen molar-refractivity contribution in [3.8, 4) is 0 Å². The number of likely N-dealkylation sites (tertiary alicyclic amines) is 1. The number of primary amides is 1. The predicted octanol–water partition coefficient (Wildman–Crippen LogP) is -2.28. The molecule has 1 aliphatic heterocycles. The molecular weight excluding hydrogens is 472 g/mol. The van der Waals surface area contributed by atoms with Gasteiger partial charge in [-0.15, -0.1) is 0 Å². The Morgan fingerprint density at radius 3 is 2.53 bits per heavy atom. The van der Waals surface area contributed by atoms with Gasteiger partial charge in [-0.25, -0.2) is 9.78 Å². The van der Waals surface area contributed by atoms with Crippen LogP contribution in [0.3, 0.4) is 0 Å². The Morgan fingerprint density at radius 2 is 1.92 bits per heavy atom. The van der Waals surface area contributed by atoms with Gasteiger partial charge in [-0.05, 0) is 45.1 Å². The summed E-state index contributed by atoms with van der Waals surface area (Å²) in [6, 6.07) is -4.09. The molecule has 0 spiro atoms. The van der Waals surface area contributed by atoms with E-state index in [1.807, 2.05) is 0 Å². The molecule has 0 radical (unpaired) electrons. The van der Waals surface area contributed by atoms with Gasteiger partial charge in [0.2, 0.25) is 23.6 Å². The molecule has 0 bridgehead atoms. The average molecular weight is 509 g/mol. The maximum absolute atomic E-state index is 13.5. The molecule has 1 aromatic heterocycles. The summed E-state index contributed by atoms with van der Waals surface area (Å²) in [4.78, 5) is 69.9. The van der Waals surface area contributed by atoms with Crippen LogP contribution in [0.5, 0.6) is 0 Å². The predicted molar refractivity (Wildman–Crippen MR) is 128 cm³/mol. The second-order valence-electron chi connectivity index (χ2n) is 8.83. The number of hydrogen-bond donors (Lipinski definition) is 7. The van der Waals surface area contributed by atoms with Gasteiger partial charge in [-0.3, -0.25) is 19.2 Å². The fourth-order valence-electron chi connectivity index (χ4n) is 4.05. The van der Waals surface area contributed by atoms with E-state index in [0.717, 1.165) is 0 Å². The number of unbranched alkanes of at least 4 members (excludes halogenated alkanes) is 1. The van der Waals surface area contributed by atoms with E-state index < -0.39 is 53.8 Å². The van der Waals surface area contributed by atoms with Crippen molar-refractivity contribution in [3.63, 3.8) is 0 Å². The van der Waals surface area contributed by atoms with E-state index in [-0.39, 0.29) is 32.2 Å². The number of aromatic amines is 1. The lowest BCUT2D eigenvalue weighted by Crippen LogP contribution is -2.57. The zero-order valence-corrected chi connectivity index (χ0v) is 20.2. The molecule has 10 N–H and O–H groups in total. The number of imidazole rings is 1. The van der Waals surface area contributed by atoms with Crippen LogP contribution >= 0.6 is 0 Å². The third kappa shape index (κ3) is 8.61. The lowest BCUT2D eigenvalue weighted by Gasteiger charge is -2.30. The van der Waals surface area contributed by atoms with E-state index >= 15 is 0 Å². The molecule has 36 heavy (non-hydrogen) atoms. The molecule has 1 saturated heterocycles. The minimum absolute atomic E-state index is 0.0155. The Labute approximate surface area is 208 Å². The number of carboxylic acid groups (broad SMARTS) is 1. The van der Waals surface area contributed by atoms with Gasteiger partial charge < -0.3 is 42.8 Å². The van der Waals surface area contributed by atoms with Crippen molar-refractivity contribution < 1.29 is 29.1 Å². The number of rotatable bonds is 15. The van der Waals surface area contributed by atoms with Crippen molar-refractivity contribution in [1.82, 2.24) is 25.5 Å². The second kappa shape index (κ2) is 14.1. The number of carboxylic acids is 1. The Morgan fingerprint density at radius 1 is 1.17 bits per heavy atom. The van der Waals surface area contributed by atoms with Crippen LogP contribution in [0, 0.1) is 0 Å². The standard InChI is InChI=1S/C22H36N8O6/c23-8-2-1-4-15(22(35)36)28-20(33)17-5-3-9-30(17)21(34)16(10-13-11-26-12-27-13)29-19(32)14(24)6-7-18(25)31/h11-12,14-17H,1-10,23-24H2,(H2,25,31)(H,26,27)(H,28,33)(H,29,32)(H,35,36). The largest absolute Gasteiger partial charge is 0.480 e. The molecular formula is C22H36N8O6. The number of hydrogen-bond acceptors (Lipinski definition) is 8. The molecule has 0 aromatic carbocycles. The average Bonchev–Trinajstić information content (AvgIpc) is 3.53. The second-order valence-corrected chi connectivity index (χ2v) is 8.83. The van der Waals surface area contributed by atoms with E-state index in [1.54, 1.807) is 0 Å². The minimum Gasteiger partial charge on any atom is -0.480 e. The van der Waals surface area contributed by atoms with Crippen molar-refractivity contribution >= 4 is 29.6 Å². The van der Waals surface area contributed by atoms with Gasteiger partial charge in [0.25, 0.3) is 0 Å². The van der Waals surface area contributed by atoms with Crippen LogP contribution in [0.1, 0.15) is 50.6 Å². The van der Waals surface area contributed by atoms with Crippen molar-refractivity contribution in [3.05, 3.63) is 18.2 Å². The molecule has 1 aliphatic rings. The van der Waals surface area contributed by atoms with E-state index in [0.29, 0.717) is 37.9 Å². The number of nitrogens with zero attached hydrogens (tertiary/aromatic N) is 2. The Hall–Kier alpha value is -3.52. The SMILES string of the molecule is NCCCCC(NC(=O)C1CCCN1C(=O)C(Cc1cnc[nH]1)NC(=O)C(N)CCC(N)=O)C(=O)O. The zero-order chi connectivity index (χ0) is 26.7. The monoisotopic (exact) mass is 508 g/mol. The highest BCUT2D eigenvalue weighted by atomic mass is 16.4. The first-order valence-corrected chi connectivity index (χ1v) is 12.0. The first-order valence-electron chi connectivity index (χ1n) is 12.0. The summed E-state index contributed by atoms with van der Waals surface area (Å²) in [7, 11) is 0. The van der Waals surface area contributed by atoms with Gasteiger partial charge in [0, 0.05) is 31.3 Å². The smallest absolute Gasteiger partial charge is 0.326 e. The van der Waals surface area contributed by atoms with Crippen LogP contribution in [-0.2, 0) is 30.4 Å². The highest BCUT2D eigenvalue weighted by Gasteiger charge is 2.39. The van der Waals surface area contributed by atoms with Crippen LogP contribution in [-0.4, -0.2) is 86.8 Å². The van der Waals surface area contributed by atoms with E-state index in [4.69, 9.17) is 17.2 Å². The van der Waals surface area contributed by atoms with Crippen molar-refractivity contribution in [2.75, 3.05) is 13.1 Å². The number of amides is 4. The van der Waals surface area contributed by atoms with Crippen LogP contribution < -0.4 is 27.8 Å². The maximum atomic E-state index is 13.5. The molecule has 1 aromatic rings. The topological polar surface area (TPSA) is 240 Å². The third-order valence-electron chi connectivity index (χ3n) is 6.03. The number of nitrogens with two attached hydrogens (primary N) is 3. The highest BCUT2D eigenvalue weighted by Crippen LogP contribution is 2.20. The molecule has 2 rings (SSSR count). The summed E-state index contributed by atoms with van der Waals surface area (Å²) >= 11 is 0. The normalized spacial score (nSPS) is 17.7. The summed E-state index contributed by atoms with van der Waals surface area (Å²) in [5.74, 6) is -3.47. The first-order chi connectivity index (χ1) is 17.1. The molecule has 1 fully saturated rings. The van der Waals surface area contributed by atoms with Crippen LogP contribution in [0.4, 0.5) is 0 Å². The fourth-order valence-corrected chi connectivity index (χ4v) is 4.05. The molecule has 4 atom stereocenters. The van der Waals surface area contributed by atoms with Crippen LogP contribution in [0.25, 0.3) is 0 Å². The van der Waals surface area contributed by atoms with Gasteiger partial charge in [0.05, 0.1) is 12.4 Å². The molecule has 14 heteroatoms. The van der Waals surface area contributed by atoms with Crippen LogP contribution in [0.2, 0.25) is 0 Å². The molecule has 4 amide bonds. The molecule has 14 nitrogen and oxygen atoms in total. The Kier molecular flexibility index (Phi) is 11.3. The Balaban J connectivity index is 2.12. The van der Waals surface area contributed by atoms with E-state index in [1.165, 1.54) is 17.4 Å². The van der Waals surface area contributed by atoms with E-state index in [2.05, 4.69) is 20.6 Å². The molecule has 0 aliphatic carbocycles. The van der Waals surface area contributed by atoms with Crippen molar-refractivity contribution in [1.29, 1.82) is 0 Å². The van der Waals surface area contributed by atoms with Gasteiger partial charge in [-0.2, -0.15) is 0 Å². The van der Waals surface area contributed by atoms with Gasteiger partial charge in [0.1, 0.15) is 18.1 Å². The molecule has 4 unspecified atom stereocenters. The van der Waals surface area contributed by atoms with Crippen molar-refractivity contribution in [2.45, 2.75) is 75.5 Å². The zero-order valence-electron chi connectivity index (χ0n) is 20.2. The first kappa shape index (κ1) is 28.7. The van der Waals surface area contributed by atoms with Gasteiger partial charge in [0.15, 0.2) is 0 Å². The molecule has 200 valence electrons. The summed E-state index contributed by atoms with van der Waals surface area (Å²) in [5, 5.41) is 14.6. The van der Waals surface area contributed by atoms with Gasteiger partial charge in [-0.1, -0.05) is 0 Å². The van der Waals surface area contributed by atoms with Gasteiger partial charge >= 0.3 is 5.97 Å². The summed E-state index contributed by atoms with van der Waals surface area (Å²) in [6.45, 7) is 0.686. The number of aliphatic carboxylic acids is 1. The van der Waals surface area contributed by atoms with Crippen molar-refractivity contribution in [2.24, 2.45) is 17.2 Å². The Bertz CT molecular complexity index is 908. The van der Waals surface area contributed by atoms with Crippen LogP contribution in [0.15, 0.2) is 12.5 Å². The maximum Gasteiger partial charge on any atom is 0.326 e. The number of carbonyl (C=O) groups is 5. The lowest BCUT2D eigenvalue weighted by atomic mass is 10.1. The highest BCUT2D eigenvalue weighted by molar-refractivity contribution is 5.94. The number of nitrogens with one attached hydrogen (secondary N) is 3. The number of carbonyl (C=O) groups excluding carboxylic acids is 4. The molecule has 2 heterocycles. The summed E-state index contributed by atoms with van der Waals surface area (Å²) in [6.07, 6.45) is 5.22. The summed E-state index contributed by atoms with van der Waals surface area (Å²) in [5.41, 5.74) is 17.0. The third-order valence-corrected chi connectivity index (χ3v) is 6.03. The number of H-pyrrole nitrogens is 1. The van der Waals surface area contributed by atoms with E-state index in [9.17, 15) is 29.1 Å². The lowest BCUT2D eigenvalue weighted by molar-refractivity contribution is -0.145. The summed E-state index contributed by atoms with van der Waals surface area (Å²) < 4.78 is 0. The molecule has 0 saturated carbocycles.